The first-order chi connectivity index (χ1) is 11.6. The molecule has 0 fully saturated rings. The van der Waals surface area contributed by atoms with Crippen LogP contribution in [-0.4, -0.2) is 15.1 Å². The fourth-order valence-electron chi connectivity index (χ4n) is 2.31. The molecular weight excluding hydrogens is 432 g/mol. The maximum atomic E-state index is 9.33. The first-order valence-corrected chi connectivity index (χ1v) is 8.88. The second kappa shape index (κ2) is 7.28. The van der Waals surface area contributed by atoms with Gasteiger partial charge in [0, 0.05) is 27.6 Å². The van der Waals surface area contributed by atoms with E-state index in [0.29, 0.717) is 4.47 Å². The van der Waals surface area contributed by atoms with Gasteiger partial charge in [0.15, 0.2) is 0 Å². The van der Waals surface area contributed by atoms with Gasteiger partial charge in [-0.15, -0.1) is 0 Å². The molecule has 4 rings (SSSR count). The summed E-state index contributed by atoms with van der Waals surface area (Å²) in [4.78, 5) is 8.43. The van der Waals surface area contributed by atoms with Crippen molar-refractivity contribution >= 4 is 53.7 Å². The van der Waals surface area contributed by atoms with Crippen molar-refractivity contribution in [2.75, 3.05) is 0 Å². The normalized spacial score (nSPS) is 10.5. The Labute approximate surface area is 156 Å². The summed E-state index contributed by atoms with van der Waals surface area (Å²) in [6.45, 7) is 2.07. The van der Waals surface area contributed by atoms with E-state index in [2.05, 4.69) is 67.0 Å². The van der Waals surface area contributed by atoms with E-state index in [9.17, 15) is 5.11 Å². The van der Waals surface area contributed by atoms with Gasteiger partial charge in [0.1, 0.15) is 5.75 Å². The quantitative estimate of drug-likeness (QED) is 0.360. The number of hydrogen-bond acceptors (Lipinski definition) is 3. The minimum Gasteiger partial charge on any atom is -0.507 e. The van der Waals surface area contributed by atoms with Gasteiger partial charge in [0.25, 0.3) is 0 Å². The van der Waals surface area contributed by atoms with E-state index in [4.69, 9.17) is 0 Å². The zero-order chi connectivity index (χ0) is 17.1. The lowest BCUT2D eigenvalue weighted by atomic mass is 10.1. The number of hydrogen-bond donors (Lipinski definition) is 1. The minimum absolute atomic E-state index is 0.223. The van der Waals surface area contributed by atoms with E-state index in [1.165, 1.54) is 10.9 Å². The van der Waals surface area contributed by atoms with Gasteiger partial charge in [0.05, 0.1) is 15.5 Å². The predicted molar refractivity (Wildman–Crippen MR) is 105 cm³/mol. The average molecular weight is 446 g/mol. The fourth-order valence-corrected chi connectivity index (χ4v) is 3.24. The maximum Gasteiger partial charge on any atom is 0.132 e. The Morgan fingerprint density at radius 1 is 0.750 bits per heavy atom. The van der Waals surface area contributed by atoms with Crippen molar-refractivity contribution in [2.45, 2.75) is 6.92 Å². The highest BCUT2D eigenvalue weighted by Crippen LogP contribution is 2.30. The number of aromatic nitrogens is 2. The standard InChI is InChI=1S/C10H8BrN.C9H6BrNO/c1-7-4-5-8-3-2-6-12-10(8)9(7)11;10-8-7(12)4-3-6-2-1-5-11-9(6)8/h2-6H,1H3;1-5,12H. The number of phenols is 1. The molecule has 0 spiro atoms. The molecule has 0 radical (unpaired) electrons. The third-order valence-corrected chi connectivity index (χ3v) is 5.38. The second-order valence-electron chi connectivity index (χ2n) is 5.25. The van der Waals surface area contributed by atoms with E-state index in [0.717, 1.165) is 20.9 Å². The number of rotatable bonds is 0. The first kappa shape index (κ1) is 16.9. The topological polar surface area (TPSA) is 46.0 Å². The predicted octanol–water partition coefficient (Wildman–Crippen LogP) is 6.01. The number of phenolic OH excluding ortho intramolecular Hbond substituents is 1. The van der Waals surface area contributed by atoms with Crippen LogP contribution in [0.1, 0.15) is 5.56 Å². The Bertz CT molecular complexity index is 935. The van der Waals surface area contributed by atoms with Gasteiger partial charge in [-0.3, -0.25) is 9.97 Å². The third-order valence-electron chi connectivity index (χ3n) is 3.60. The van der Waals surface area contributed by atoms with Crippen molar-refractivity contribution in [3.05, 3.63) is 75.4 Å². The zero-order valence-corrected chi connectivity index (χ0v) is 16.0. The van der Waals surface area contributed by atoms with E-state index in [1.807, 2.05) is 30.5 Å². The third kappa shape index (κ3) is 3.42. The summed E-state index contributed by atoms with van der Waals surface area (Å²) >= 11 is 6.79. The van der Waals surface area contributed by atoms with Gasteiger partial charge in [-0.1, -0.05) is 24.3 Å². The molecule has 2 aromatic carbocycles. The maximum absolute atomic E-state index is 9.33. The molecule has 4 aromatic rings. The molecule has 3 nitrogen and oxygen atoms in total. The molecule has 5 heteroatoms. The largest absolute Gasteiger partial charge is 0.507 e. The molecule has 0 bridgehead atoms. The van der Waals surface area contributed by atoms with Crippen molar-refractivity contribution < 1.29 is 5.11 Å². The zero-order valence-electron chi connectivity index (χ0n) is 12.9. The number of fused-ring (bicyclic) bond motifs is 2. The molecule has 120 valence electrons. The highest BCUT2D eigenvalue weighted by atomic mass is 79.9. The van der Waals surface area contributed by atoms with Gasteiger partial charge >= 0.3 is 0 Å². The average Bonchev–Trinajstić information content (AvgIpc) is 2.62. The van der Waals surface area contributed by atoms with Crippen molar-refractivity contribution in [3.63, 3.8) is 0 Å². The number of benzene rings is 2. The van der Waals surface area contributed by atoms with Gasteiger partial charge in [-0.2, -0.15) is 0 Å². The molecule has 0 amide bonds. The number of nitrogens with zero attached hydrogens (tertiary/aromatic N) is 2. The smallest absolute Gasteiger partial charge is 0.132 e. The number of pyridine rings is 2. The molecule has 0 aliphatic rings. The molecule has 1 N–H and O–H groups in total. The van der Waals surface area contributed by atoms with E-state index in [-0.39, 0.29) is 5.75 Å². The van der Waals surface area contributed by atoms with Crippen molar-refractivity contribution in [3.8, 4) is 5.75 Å². The Balaban J connectivity index is 0.000000141. The Hall–Kier alpha value is -1.98. The first-order valence-electron chi connectivity index (χ1n) is 7.30. The van der Waals surface area contributed by atoms with Crippen molar-refractivity contribution in [1.29, 1.82) is 0 Å². The van der Waals surface area contributed by atoms with Crippen LogP contribution in [0.15, 0.2) is 69.9 Å². The van der Waals surface area contributed by atoms with Gasteiger partial charge in [-0.05, 0) is 68.6 Å². The summed E-state index contributed by atoms with van der Waals surface area (Å²) in [7, 11) is 0. The molecule has 0 atom stereocenters. The number of aryl methyl sites for hydroxylation is 1. The molecule has 2 aromatic heterocycles. The number of aromatic hydroxyl groups is 1. The molecule has 0 unspecified atom stereocenters. The van der Waals surface area contributed by atoms with Crippen LogP contribution in [0.4, 0.5) is 0 Å². The molecule has 0 aliphatic carbocycles. The van der Waals surface area contributed by atoms with Crippen LogP contribution in [0, 0.1) is 6.92 Å². The van der Waals surface area contributed by atoms with Gasteiger partial charge < -0.3 is 5.11 Å². The molecule has 2 heterocycles. The van der Waals surface area contributed by atoms with E-state index in [1.54, 1.807) is 12.3 Å². The molecule has 0 saturated heterocycles. The number of halogens is 2. The van der Waals surface area contributed by atoms with Crippen LogP contribution >= 0.6 is 31.9 Å². The van der Waals surface area contributed by atoms with E-state index >= 15 is 0 Å². The Kier molecular flexibility index (Phi) is 5.11. The van der Waals surface area contributed by atoms with Crippen LogP contribution in [0.2, 0.25) is 0 Å². The summed E-state index contributed by atoms with van der Waals surface area (Å²) < 4.78 is 1.75. The van der Waals surface area contributed by atoms with Crippen LogP contribution in [0.3, 0.4) is 0 Å². The minimum atomic E-state index is 0.223. The van der Waals surface area contributed by atoms with Crippen molar-refractivity contribution in [1.82, 2.24) is 9.97 Å². The lowest BCUT2D eigenvalue weighted by molar-refractivity contribution is 0.473. The molecular formula is C19H14Br2N2O. The van der Waals surface area contributed by atoms with E-state index < -0.39 is 0 Å². The van der Waals surface area contributed by atoms with Gasteiger partial charge in [-0.25, -0.2) is 0 Å². The summed E-state index contributed by atoms with van der Waals surface area (Å²) in [5.74, 6) is 0.223. The lowest BCUT2D eigenvalue weighted by Crippen LogP contribution is -1.81. The fraction of sp³-hybridized carbons (Fsp3) is 0.0526. The van der Waals surface area contributed by atoms with Crippen LogP contribution in [0.25, 0.3) is 21.8 Å². The highest BCUT2D eigenvalue weighted by Gasteiger charge is 2.03. The summed E-state index contributed by atoms with van der Waals surface area (Å²) in [6.07, 6.45) is 3.51. The molecule has 24 heavy (non-hydrogen) atoms. The Morgan fingerprint density at radius 3 is 1.92 bits per heavy atom. The molecule has 0 saturated carbocycles. The van der Waals surface area contributed by atoms with Crippen LogP contribution < -0.4 is 0 Å². The monoisotopic (exact) mass is 444 g/mol. The highest BCUT2D eigenvalue weighted by molar-refractivity contribution is 9.11. The molecule has 0 aliphatic heterocycles. The summed E-state index contributed by atoms with van der Waals surface area (Å²) in [6, 6.07) is 15.5. The van der Waals surface area contributed by atoms with Crippen LogP contribution in [-0.2, 0) is 0 Å². The lowest BCUT2D eigenvalue weighted by Gasteiger charge is -2.01. The van der Waals surface area contributed by atoms with Gasteiger partial charge in [0.2, 0.25) is 0 Å². The Morgan fingerprint density at radius 2 is 1.29 bits per heavy atom. The van der Waals surface area contributed by atoms with Crippen LogP contribution in [0.5, 0.6) is 5.75 Å². The second-order valence-corrected chi connectivity index (χ2v) is 6.83. The summed E-state index contributed by atoms with van der Waals surface area (Å²) in [5.41, 5.74) is 3.05. The SMILES string of the molecule is Cc1ccc2cccnc2c1Br.Oc1ccc2cccnc2c1Br. The summed E-state index contributed by atoms with van der Waals surface area (Å²) in [5, 5.41) is 11.5. The van der Waals surface area contributed by atoms with Crippen molar-refractivity contribution in [2.24, 2.45) is 0 Å².